The van der Waals surface area contributed by atoms with Crippen LogP contribution < -0.4 is 11.1 Å². The van der Waals surface area contributed by atoms with Crippen LogP contribution in [0.15, 0.2) is 18.3 Å². The maximum atomic E-state index is 5.76. The largest absolute Gasteiger partial charge is 0.389 e. The molecule has 2 rings (SSSR count). The number of hydrogen-bond acceptors (Lipinski definition) is 3. The average molecular weight is 277 g/mol. The van der Waals surface area contributed by atoms with Crippen molar-refractivity contribution in [2.75, 3.05) is 5.32 Å². The minimum Gasteiger partial charge on any atom is -0.389 e. The molecular weight excluding hydrogens is 254 g/mol. The van der Waals surface area contributed by atoms with Crippen LogP contribution in [0, 0.1) is 5.92 Å². The van der Waals surface area contributed by atoms with Crippen LogP contribution in [0.1, 0.15) is 51.0 Å². The summed E-state index contributed by atoms with van der Waals surface area (Å²) in [6.07, 6.45) is 9.63. The first-order valence-electron chi connectivity index (χ1n) is 7.23. The molecule has 1 aromatic rings. The second kappa shape index (κ2) is 6.85. The van der Waals surface area contributed by atoms with E-state index in [1.54, 1.807) is 6.20 Å². The summed E-state index contributed by atoms with van der Waals surface area (Å²) in [5.74, 6) is 1.59. The van der Waals surface area contributed by atoms with Crippen molar-refractivity contribution in [3.63, 3.8) is 0 Å². The van der Waals surface area contributed by atoms with Gasteiger partial charge in [-0.2, -0.15) is 0 Å². The smallest absolute Gasteiger partial charge is 0.136 e. The minimum atomic E-state index is 0.411. The first-order valence-corrected chi connectivity index (χ1v) is 7.64. The van der Waals surface area contributed by atoms with Crippen LogP contribution in [0.2, 0.25) is 0 Å². The second-order valence-electron chi connectivity index (χ2n) is 5.32. The van der Waals surface area contributed by atoms with Gasteiger partial charge in [0.05, 0.1) is 5.56 Å². The lowest BCUT2D eigenvalue weighted by molar-refractivity contribution is 0.312. The van der Waals surface area contributed by atoms with E-state index in [1.807, 2.05) is 12.1 Å². The molecule has 0 spiro atoms. The van der Waals surface area contributed by atoms with Gasteiger partial charge in [-0.25, -0.2) is 4.98 Å². The maximum absolute atomic E-state index is 5.76. The summed E-state index contributed by atoms with van der Waals surface area (Å²) < 4.78 is 0. The Labute approximate surface area is 121 Å². The van der Waals surface area contributed by atoms with Crippen molar-refractivity contribution in [3.05, 3.63) is 23.9 Å². The SMILES string of the molecule is CCC(Nc1ncccc1C(N)=S)C1CCCCC1. The van der Waals surface area contributed by atoms with Crippen LogP contribution >= 0.6 is 12.2 Å². The molecule has 1 heterocycles. The van der Waals surface area contributed by atoms with Gasteiger partial charge in [-0.15, -0.1) is 0 Å². The molecule has 3 nitrogen and oxygen atoms in total. The van der Waals surface area contributed by atoms with Gasteiger partial charge in [-0.05, 0) is 37.3 Å². The Hall–Kier alpha value is -1.16. The molecule has 0 radical (unpaired) electrons. The van der Waals surface area contributed by atoms with Crippen molar-refractivity contribution < 1.29 is 0 Å². The Bertz CT molecular complexity index is 427. The van der Waals surface area contributed by atoms with Gasteiger partial charge >= 0.3 is 0 Å². The summed E-state index contributed by atoms with van der Waals surface area (Å²) in [5, 5.41) is 3.57. The molecule has 1 aliphatic rings. The van der Waals surface area contributed by atoms with Crippen molar-refractivity contribution in [1.29, 1.82) is 0 Å². The lowest BCUT2D eigenvalue weighted by atomic mass is 9.83. The van der Waals surface area contributed by atoms with E-state index in [0.717, 1.165) is 23.7 Å². The van der Waals surface area contributed by atoms with Crippen LogP contribution in [0.3, 0.4) is 0 Å². The number of thiocarbonyl (C=S) groups is 1. The molecule has 104 valence electrons. The van der Waals surface area contributed by atoms with E-state index in [4.69, 9.17) is 18.0 Å². The third kappa shape index (κ3) is 3.66. The van der Waals surface area contributed by atoms with E-state index in [2.05, 4.69) is 17.2 Å². The number of nitrogens with zero attached hydrogens (tertiary/aromatic N) is 1. The van der Waals surface area contributed by atoms with Gasteiger partial charge in [0.25, 0.3) is 0 Å². The third-order valence-electron chi connectivity index (χ3n) is 4.05. The lowest BCUT2D eigenvalue weighted by Gasteiger charge is -2.31. The summed E-state index contributed by atoms with van der Waals surface area (Å²) in [6, 6.07) is 4.29. The summed E-state index contributed by atoms with van der Waals surface area (Å²) in [5.41, 5.74) is 6.62. The van der Waals surface area contributed by atoms with Crippen LogP contribution in [0.5, 0.6) is 0 Å². The number of aromatic nitrogens is 1. The standard InChI is InChI=1S/C15H23N3S/c1-2-13(11-7-4-3-5-8-11)18-15-12(14(16)19)9-6-10-17-15/h6,9-11,13H,2-5,7-8H2,1H3,(H2,16,19)(H,17,18). The van der Waals surface area contributed by atoms with E-state index >= 15 is 0 Å². The van der Waals surface area contributed by atoms with Gasteiger partial charge in [-0.3, -0.25) is 0 Å². The minimum absolute atomic E-state index is 0.411. The number of pyridine rings is 1. The van der Waals surface area contributed by atoms with Crippen molar-refractivity contribution in [2.45, 2.75) is 51.5 Å². The molecule has 0 aromatic carbocycles. The molecule has 1 fully saturated rings. The fraction of sp³-hybridized carbons (Fsp3) is 0.600. The van der Waals surface area contributed by atoms with E-state index in [0.29, 0.717) is 11.0 Å². The number of anilines is 1. The highest BCUT2D eigenvalue weighted by atomic mass is 32.1. The van der Waals surface area contributed by atoms with Gasteiger partial charge in [0.2, 0.25) is 0 Å². The van der Waals surface area contributed by atoms with E-state index < -0.39 is 0 Å². The molecule has 1 unspecified atom stereocenters. The number of nitrogens with one attached hydrogen (secondary N) is 1. The Morgan fingerprint density at radius 3 is 2.84 bits per heavy atom. The van der Waals surface area contributed by atoms with E-state index in [-0.39, 0.29) is 0 Å². The molecule has 0 saturated heterocycles. The molecule has 0 aliphatic heterocycles. The molecule has 0 amide bonds. The van der Waals surface area contributed by atoms with Gasteiger partial charge in [-0.1, -0.05) is 38.4 Å². The fourth-order valence-electron chi connectivity index (χ4n) is 2.98. The Balaban J connectivity index is 2.11. The molecule has 1 atom stereocenters. The number of hydrogen-bond donors (Lipinski definition) is 2. The highest BCUT2D eigenvalue weighted by Gasteiger charge is 2.23. The first-order chi connectivity index (χ1) is 9.22. The predicted molar refractivity (Wildman–Crippen MR) is 84.4 cm³/mol. The van der Waals surface area contributed by atoms with Gasteiger partial charge < -0.3 is 11.1 Å². The van der Waals surface area contributed by atoms with Crippen molar-refractivity contribution in [3.8, 4) is 0 Å². The molecule has 1 aromatic heterocycles. The molecule has 1 aliphatic carbocycles. The third-order valence-corrected chi connectivity index (χ3v) is 4.27. The summed E-state index contributed by atoms with van der Waals surface area (Å²) in [6.45, 7) is 2.23. The van der Waals surface area contributed by atoms with Crippen LogP contribution in [-0.4, -0.2) is 16.0 Å². The lowest BCUT2D eigenvalue weighted by Crippen LogP contribution is -2.31. The summed E-state index contributed by atoms with van der Waals surface area (Å²) in [4.78, 5) is 4.82. The second-order valence-corrected chi connectivity index (χ2v) is 5.76. The Morgan fingerprint density at radius 1 is 1.47 bits per heavy atom. The first kappa shape index (κ1) is 14.3. The fourth-order valence-corrected chi connectivity index (χ4v) is 3.15. The molecule has 0 bridgehead atoms. The van der Waals surface area contributed by atoms with Crippen LogP contribution in [-0.2, 0) is 0 Å². The summed E-state index contributed by atoms with van der Waals surface area (Å²) >= 11 is 5.09. The van der Waals surface area contributed by atoms with Crippen molar-refractivity contribution in [2.24, 2.45) is 11.7 Å². The van der Waals surface area contributed by atoms with E-state index in [1.165, 1.54) is 32.1 Å². The number of nitrogens with two attached hydrogens (primary N) is 1. The predicted octanol–water partition coefficient (Wildman–Crippen LogP) is 3.49. The zero-order valence-corrected chi connectivity index (χ0v) is 12.4. The Kier molecular flexibility index (Phi) is 5.14. The maximum Gasteiger partial charge on any atom is 0.136 e. The van der Waals surface area contributed by atoms with Gasteiger partial charge in [0, 0.05) is 12.2 Å². The molecule has 19 heavy (non-hydrogen) atoms. The molecule has 3 N–H and O–H groups in total. The highest BCUT2D eigenvalue weighted by molar-refractivity contribution is 7.80. The molecule has 1 saturated carbocycles. The zero-order valence-electron chi connectivity index (χ0n) is 11.6. The van der Waals surface area contributed by atoms with Gasteiger partial charge in [0.1, 0.15) is 10.8 Å². The average Bonchev–Trinajstić information content (AvgIpc) is 2.46. The van der Waals surface area contributed by atoms with Gasteiger partial charge in [0.15, 0.2) is 0 Å². The summed E-state index contributed by atoms with van der Waals surface area (Å²) in [7, 11) is 0. The topological polar surface area (TPSA) is 50.9 Å². The Morgan fingerprint density at radius 2 is 2.21 bits per heavy atom. The van der Waals surface area contributed by atoms with E-state index in [9.17, 15) is 0 Å². The normalized spacial score (nSPS) is 17.9. The monoisotopic (exact) mass is 277 g/mol. The zero-order chi connectivity index (χ0) is 13.7. The number of rotatable bonds is 5. The quantitative estimate of drug-likeness (QED) is 0.809. The highest BCUT2D eigenvalue weighted by Crippen LogP contribution is 2.29. The molecule has 4 heteroatoms. The van der Waals surface area contributed by atoms with Crippen LogP contribution in [0.25, 0.3) is 0 Å². The van der Waals surface area contributed by atoms with Crippen molar-refractivity contribution >= 4 is 23.0 Å². The van der Waals surface area contributed by atoms with Crippen molar-refractivity contribution in [1.82, 2.24) is 4.98 Å². The van der Waals surface area contributed by atoms with Crippen LogP contribution in [0.4, 0.5) is 5.82 Å². The molecular formula is C15H23N3S.